The van der Waals surface area contributed by atoms with Gasteiger partial charge in [0.05, 0.1) is 19.1 Å². The van der Waals surface area contributed by atoms with Crippen molar-refractivity contribution in [1.82, 2.24) is 10.6 Å². The smallest absolute Gasteiger partial charge is 0.224 e. The van der Waals surface area contributed by atoms with Crippen LogP contribution in [0.2, 0.25) is 0 Å². The molecule has 0 aliphatic carbocycles. The predicted molar refractivity (Wildman–Crippen MR) is 70.5 cm³/mol. The number of piperidine rings is 1. The molecule has 2 atom stereocenters. The van der Waals surface area contributed by atoms with Crippen LogP contribution in [-0.4, -0.2) is 52.0 Å². The highest BCUT2D eigenvalue weighted by atomic mass is 16.5. The van der Waals surface area contributed by atoms with Crippen LogP contribution in [0.4, 0.5) is 0 Å². The third kappa shape index (κ3) is 6.33. The number of rotatable bonds is 8. The number of carbonyl (C=O) groups is 1. The van der Waals surface area contributed by atoms with Crippen LogP contribution in [0.15, 0.2) is 0 Å². The molecule has 1 rings (SSSR count). The van der Waals surface area contributed by atoms with Crippen molar-refractivity contribution in [1.29, 1.82) is 0 Å². The van der Waals surface area contributed by atoms with E-state index in [0.29, 0.717) is 32.4 Å². The lowest BCUT2D eigenvalue weighted by atomic mass is 9.95. The lowest BCUT2D eigenvalue weighted by Gasteiger charge is -2.26. The third-order valence-corrected chi connectivity index (χ3v) is 3.23. The van der Waals surface area contributed by atoms with Gasteiger partial charge in [-0.3, -0.25) is 4.79 Å². The molecule has 2 N–H and O–H groups in total. The Bertz CT molecular complexity index is 228. The van der Waals surface area contributed by atoms with E-state index in [2.05, 4.69) is 17.6 Å². The maximum atomic E-state index is 11.8. The highest BCUT2D eigenvalue weighted by molar-refractivity contribution is 5.78. The lowest BCUT2D eigenvalue weighted by molar-refractivity contribution is -0.125. The van der Waals surface area contributed by atoms with Gasteiger partial charge in [-0.15, -0.1) is 0 Å². The van der Waals surface area contributed by atoms with Crippen molar-refractivity contribution in [2.45, 2.75) is 32.2 Å². The number of methoxy groups -OCH3 is 1. The van der Waals surface area contributed by atoms with Crippen LogP contribution >= 0.6 is 0 Å². The van der Waals surface area contributed by atoms with Crippen LogP contribution < -0.4 is 10.6 Å². The molecule has 0 radical (unpaired) electrons. The molecular weight excluding hydrogens is 232 g/mol. The molecule has 0 aromatic carbocycles. The summed E-state index contributed by atoms with van der Waals surface area (Å²) in [7, 11) is 1.66. The van der Waals surface area contributed by atoms with Gasteiger partial charge in [-0.1, -0.05) is 0 Å². The van der Waals surface area contributed by atoms with Crippen LogP contribution in [0, 0.1) is 5.92 Å². The first-order valence-electron chi connectivity index (χ1n) is 6.81. The Balaban J connectivity index is 1.96. The van der Waals surface area contributed by atoms with Crippen molar-refractivity contribution in [3.8, 4) is 0 Å². The molecule has 0 saturated carbocycles. The van der Waals surface area contributed by atoms with Gasteiger partial charge in [0.15, 0.2) is 0 Å². The number of carbonyl (C=O) groups excluding carboxylic acids is 1. The lowest BCUT2D eigenvalue weighted by Crippen LogP contribution is -2.44. The SMILES string of the molecule is COCCOCCCNC(=O)C1CCC(C)NC1. The standard InChI is InChI=1S/C13H26N2O3/c1-11-4-5-12(10-15-11)13(16)14-6-3-7-18-9-8-17-2/h11-12,15H,3-10H2,1-2H3,(H,14,16). The molecule has 106 valence electrons. The van der Waals surface area contributed by atoms with Crippen molar-refractivity contribution in [2.75, 3.05) is 40.0 Å². The zero-order valence-corrected chi connectivity index (χ0v) is 11.5. The highest BCUT2D eigenvalue weighted by Crippen LogP contribution is 2.13. The zero-order valence-electron chi connectivity index (χ0n) is 11.5. The summed E-state index contributed by atoms with van der Waals surface area (Å²) in [4.78, 5) is 11.8. The van der Waals surface area contributed by atoms with Gasteiger partial charge in [0.25, 0.3) is 0 Å². The molecule has 1 heterocycles. The van der Waals surface area contributed by atoms with E-state index in [-0.39, 0.29) is 11.8 Å². The summed E-state index contributed by atoms with van der Waals surface area (Å²) < 4.78 is 10.2. The van der Waals surface area contributed by atoms with Gasteiger partial charge in [-0.05, 0) is 26.2 Å². The monoisotopic (exact) mass is 258 g/mol. The van der Waals surface area contributed by atoms with Crippen LogP contribution in [0.3, 0.4) is 0 Å². The van der Waals surface area contributed by atoms with Crippen molar-refractivity contribution < 1.29 is 14.3 Å². The Hall–Kier alpha value is -0.650. The van der Waals surface area contributed by atoms with E-state index < -0.39 is 0 Å². The van der Waals surface area contributed by atoms with Crippen LogP contribution in [-0.2, 0) is 14.3 Å². The number of nitrogens with one attached hydrogen (secondary N) is 2. The second-order valence-electron chi connectivity index (χ2n) is 4.83. The molecule has 1 fully saturated rings. The van der Waals surface area contributed by atoms with E-state index in [9.17, 15) is 4.79 Å². The number of hydrogen-bond donors (Lipinski definition) is 2. The topological polar surface area (TPSA) is 59.6 Å². The summed E-state index contributed by atoms with van der Waals surface area (Å²) >= 11 is 0. The minimum absolute atomic E-state index is 0.135. The van der Waals surface area contributed by atoms with Crippen molar-refractivity contribution in [2.24, 2.45) is 5.92 Å². The normalized spacial score (nSPS) is 23.9. The van der Waals surface area contributed by atoms with Gasteiger partial charge >= 0.3 is 0 Å². The quantitative estimate of drug-likeness (QED) is 0.624. The predicted octanol–water partition coefficient (Wildman–Crippen LogP) is 0.544. The highest BCUT2D eigenvalue weighted by Gasteiger charge is 2.23. The Morgan fingerprint density at radius 1 is 1.33 bits per heavy atom. The largest absolute Gasteiger partial charge is 0.382 e. The van der Waals surface area contributed by atoms with E-state index in [1.807, 2.05) is 0 Å². The molecule has 5 nitrogen and oxygen atoms in total. The van der Waals surface area contributed by atoms with Gasteiger partial charge in [-0.25, -0.2) is 0 Å². The Morgan fingerprint density at radius 2 is 2.17 bits per heavy atom. The Kier molecular flexibility index (Phi) is 7.96. The first kappa shape index (κ1) is 15.4. The van der Waals surface area contributed by atoms with E-state index in [0.717, 1.165) is 25.8 Å². The Labute approximate surface area is 110 Å². The first-order chi connectivity index (χ1) is 8.74. The van der Waals surface area contributed by atoms with Crippen molar-refractivity contribution in [3.63, 3.8) is 0 Å². The minimum Gasteiger partial charge on any atom is -0.382 e. The molecule has 1 saturated heterocycles. The fraction of sp³-hybridized carbons (Fsp3) is 0.923. The van der Waals surface area contributed by atoms with E-state index in [4.69, 9.17) is 9.47 Å². The number of hydrogen-bond acceptors (Lipinski definition) is 4. The maximum absolute atomic E-state index is 11.8. The van der Waals surface area contributed by atoms with Crippen molar-refractivity contribution in [3.05, 3.63) is 0 Å². The summed E-state index contributed by atoms with van der Waals surface area (Å²) in [5.41, 5.74) is 0. The molecule has 1 aliphatic rings. The summed E-state index contributed by atoms with van der Waals surface area (Å²) in [5.74, 6) is 0.307. The minimum atomic E-state index is 0.135. The van der Waals surface area contributed by atoms with Crippen LogP contribution in [0.1, 0.15) is 26.2 Å². The van der Waals surface area contributed by atoms with Crippen LogP contribution in [0.5, 0.6) is 0 Å². The molecule has 18 heavy (non-hydrogen) atoms. The second kappa shape index (κ2) is 9.30. The van der Waals surface area contributed by atoms with Gasteiger partial charge in [-0.2, -0.15) is 0 Å². The average molecular weight is 258 g/mol. The van der Waals surface area contributed by atoms with E-state index in [1.54, 1.807) is 7.11 Å². The first-order valence-corrected chi connectivity index (χ1v) is 6.81. The number of amides is 1. The molecule has 5 heteroatoms. The Morgan fingerprint density at radius 3 is 2.83 bits per heavy atom. The average Bonchev–Trinajstić information content (AvgIpc) is 2.38. The molecule has 0 bridgehead atoms. The van der Waals surface area contributed by atoms with E-state index >= 15 is 0 Å². The summed E-state index contributed by atoms with van der Waals surface area (Å²) in [6, 6.07) is 0.545. The summed E-state index contributed by atoms with van der Waals surface area (Å²) in [6.45, 7) is 5.57. The van der Waals surface area contributed by atoms with Crippen molar-refractivity contribution >= 4 is 5.91 Å². The van der Waals surface area contributed by atoms with Gasteiger partial charge in [0.1, 0.15) is 0 Å². The molecule has 2 unspecified atom stereocenters. The fourth-order valence-electron chi connectivity index (χ4n) is 2.00. The molecule has 1 amide bonds. The molecule has 0 aromatic rings. The molecule has 0 aromatic heterocycles. The van der Waals surface area contributed by atoms with Crippen LogP contribution in [0.25, 0.3) is 0 Å². The maximum Gasteiger partial charge on any atom is 0.224 e. The van der Waals surface area contributed by atoms with Gasteiger partial charge in [0.2, 0.25) is 5.91 Å². The molecule has 1 aliphatic heterocycles. The van der Waals surface area contributed by atoms with Gasteiger partial charge < -0.3 is 20.1 Å². The fourth-order valence-corrected chi connectivity index (χ4v) is 2.00. The summed E-state index contributed by atoms with van der Waals surface area (Å²) in [5, 5.41) is 6.31. The molecular formula is C13H26N2O3. The summed E-state index contributed by atoms with van der Waals surface area (Å²) in [6.07, 6.45) is 2.93. The second-order valence-corrected chi connectivity index (χ2v) is 4.83. The third-order valence-electron chi connectivity index (χ3n) is 3.23. The van der Waals surface area contributed by atoms with E-state index in [1.165, 1.54) is 0 Å². The van der Waals surface area contributed by atoms with Gasteiger partial charge in [0, 0.05) is 32.8 Å². The zero-order chi connectivity index (χ0) is 13.2. The number of ether oxygens (including phenoxy) is 2. The molecule has 0 spiro atoms.